The molecule has 0 aromatic carbocycles. The van der Waals surface area contributed by atoms with E-state index in [1.807, 2.05) is 19.9 Å². The van der Waals surface area contributed by atoms with Crippen molar-refractivity contribution in [1.29, 1.82) is 0 Å². The molecule has 0 aromatic rings. The predicted molar refractivity (Wildman–Crippen MR) is 175 cm³/mol. The molecule has 46 heavy (non-hydrogen) atoms. The monoisotopic (exact) mass is 643 g/mol. The first-order valence-electron chi connectivity index (χ1n) is 17.2. The van der Waals surface area contributed by atoms with Crippen LogP contribution >= 0.6 is 0 Å². The minimum atomic E-state index is -1.07. The van der Waals surface area contributed by atoms with Crippen LogP contribution in [0.2, 0.25) is 0 Å². The van der Waals surface area contributed by atoms with E-state index in [4.69, 9.17) is 25.7 Å². The van der Waals surface area contributed by atoms with Crippen LogP contribution in [0.4, 0.5) is 0 Å². The zero-order chi connectivity index (χ0) is 34.2. The summed E-state index contributed by atoms with van der Waals surface area (Å²) in [4.78, 5) is 44.8. The average Bonchev–Trinajstić information content (AvgIpc) is 2.93. The second kappa shape index (κ2) is 11.6. The molecule has 3 saturated carbocycles. The van der Waals surface area contributed by atoms with Crippen molar-refractivity contribution in [2.75, 3.05) is 19.8 Å². The molecule has 2 bridgehead atoms. The number of fused-ring (bicyclic) bond motifs is 3. The largest absolute Gasteiger partial charge is 0.481 e. The summed E-state index contributed by atoms with van der Waals surface area (Å²) < 4.78 is 19.1. The van der Waals surface area contributed by atoms with E-state index in [2.05, 4.69) is 46.5 Å². The Morgan fingerprint density at radius 1 is 1.09 bits per heavy atom. The minimum Gasteiger partial charge on any atom is -0.481 e. The third-order valence-electron chi connectivity index (χ3n) is 14.1. The van der Waals surface area contributed by atoms with Crippen LogP contribution in [0.1, 0.15) is 94.4 Å². The number of ether oxygens (including phenoxy) is 3. The first-order valence-corrected chi connectivity index (χ1v) is 17.2. The van der Waals surface area contributed by atoms with Gasteiger partial charge in [0.05, 0.1) is 31.8 Å². The van der Waals surface area contributed by atoms with Crippen molar-refractivity contribution < 1.29 is 33.7 Å². The summed E-state index contributed by atoms with van der Waals surface area (Å²) in [6.45, 7) is 19.2. The summed E-state index contributed by atoms with van der Waals surface area (Å²) >= 11 is 0. The molecule has 4 aliphatic carbocycles. The Labute approximate surface area is 274 Å². The maximum Gasteiger partial charge on any atom is 0.308 e. The Bertz CT molecular complexity index is 1330. The molecule has 0 spiro atoms. The number of aliphatic imine (C=N–C) groups is 1. The first kappa shape index (κ1) is 34.9. The fourth-order valence-corrected chi connectivity index (χ4v) is 11.5. The smallest absolute Gasteiger partial charge is 0.308 e. The zero-order valence-corrected chi connectivity index (χ0v) is 29.4. The molecule has 5 N–H and O–H groups in total. The number of nitrogens with two attached hydrogens (primary N) is 2. The summed E-state index contributed by atoms with van der Waals surface area (Å²) in [5.41, 5.74) is 9.10. The maximum absolute atomic E-state index is 14.8. The third kappa shape index (κ3) is 4.86. The number of guanidine groups is 1. The molecule has 12 atom stereocenters. The second-order valence-electron chi connectivity index (χ2n) is 16.7. The summed E-state index contributed by atoms with van der Waals surface area (Å²) in [5.74, 6) is -1.63. The highest BCUT2D eigenvalue weighted by Gasteiger charge is 2.74. The van der Waals surface area contributed by atoms with Crippen molar-refractivity contribution in [3.63, 3.8) is 0 Å². The lowest BCUT2D eigenvalue weighted by molar-refractivity contribution is -0.266. The maximum atomic E-state index is 14.8. The van der Waals surface area contributed by atoms with E-state index < -0.39 is 51.2 Å². The molecule has 1 aliphatic heterocycles. The zero-order valence-electron chi connectivity index (χ0n) is 29.4. The van der Waals surface area contributed by atoms with Gasteiger partial charge in [0.2, 0.25) is 0 Å². The Kier molecular flexibility index (Phi) is 8.79. The number of carboxylic acids is 1. The van der Waals surface area contributed by atoms with Crippen LogP contribution in [-0.2, 0) is 28.6 Å². The summed E-state index contributed by atoms with van der Waals surface area (Å²) in [6, 6.07) is -0.285. The summed E-state index contributed by atoms with van der Waals surface area (Å²) in [6.07, 6.45) is 4.54. The van der Waals surface area contributed by atoms with Gasteiger partial charge in [-0.05, 0) is 79.6 Å². The van der Waals surface area contributed by atoms with Crippen LogP contribution in [0.15, 0.2) is 16.6 Å². The van der Waals surface area contributed by atoms with Crippen molar-refractivity contribution in [1.82, 2.24) is 0 Å². The van der Waals surface area contributed by atoms with Gasteiger partial charge in [-0.15, -0.1) is 0 Å². The quantitative estimate of drug-likeness (QED) is 0.193. The number of allylic oxidation sites excluding steroid dienone is 1. The Balaban J connectivity index is 1.60. The van der Waals surface area contributed by atoms with Gasteiger partial charge in [0, 0.05) is 23.2 Å². The Morgan fingerprint density at radius 3 is 2.35 bits per heavy atom. The number of carbonyl (C=O) groups excluding carboxylic acids is 2. The van der Waals surface area contributed by atoms with Gasteiger partial charge < -0.3 is 30.8 Å². The first-order chi connectivity index (χ1) is 21.3. The van der Waals surface area contributed by atoms with Crippen LogP contribution in [0.25, 0.3) is 0 Å². The van der Waals surface area contributed by atoms with Crippen LogP contribution < -0.4 is 11.5 Å². The van der Waals surface area contributed by atoms with Gasteiger partial charge in [-0.3, -0.25) is 14.4 Å². The second-order valence-corrected chi connectivity index (χ2v) is 16.7. The molecule has 0 amide bonds. The highest BCUT2D eigenvalue weighted by Crippen LogP contribution is 2.74. The lowest BCUT2D eigenvalue weighted by Crippen LogP contribution is -2.71. The number of hydrogen-bond acceptors (Lipinski definition) is 7. The number of hydrogen-bond donors (Lipinski definition) is 3. The lowest BCUT2D eigenvalue weighted by Gasteiger charge is -2.70. The van der Waals surface area contributed by atoms with Crippen molar-refractivity contribution in [2.45, 2.75) is 113 Å². The van der Waals surface area contributed by atoms with Gasteiger partial charge in [-0.2, -0.15) is 0 Å². The Hall–Kier alpha value is -2.46. The molecular weight excluding hydrogens is 586 g/mol. The van der Waals surface area contributed by atoms with Gasteiger partial charge in [-0.1, -0.05) is 54.0 Å². The highest BCUT2D eigenvalue weighted by molar-refractivity contribution is 6.00. The fourth-order valence-electron chi connectivity index (χ4n) is 11.5. The van der Waals surface area contributed by atoms with E-state index in [1.165, 1.54) is 6.92 Å². The average molecular weight is 644 g/mol. The van der Waals surface area contributed by atoms with Crippen LogP contribution in [0.3, 0.4) is 0 Å². The molecule has 10 heteroatoms. The Morgan fingerprint density at radius 2 is 1.76 bits per heavy atom. The molecule has 4 fully saturated rings. The van der Waals surface area contributed by atoms with Gasteiger partial charge in [0.25, 0.3) is 0 Å². The highest BCUT2D eigenvalue weighted by atomic mass is 16.6. The SMILES string of the molecule is CC(=O)O[C@@H]1C[C@@]23COCC(C)(C2CC[C@H]2C3=CC(=O)[C@@]3(C)[C@H](C(=O)O)[C@@](C)([C@H](C)C(C)C)CC[C@]23C)[C@H]1OCC(C)N=C(N)N. The van der Waals surface area contributed by atoms with E-state index in [-0.39, 0.29) is 54.0 Å². The number of carbonyl (C=O) groups is 3. The number of rotatable bonds is 8. The number of ketones is 1. The van der Waals surface area contributed by atoms with E-state index in [9.17, 15) is 19.5 Å². The van der Waals surface area contributed by atoms with Crippen molar-refractivity contribution >= 4 is 23.7 Å². The van der Waals surface area contributed by atoms with Crippen molar-refractivity contribution in [3.8, 4) is 0 Å². The third-order valence-corrected chi connectivity index (χ3v) is 14.1. The molecule has 5 aliphatic rings. The number of nitrogens with zero attached hydrogens (tertiary/aromatic N) is 1. The van der Waals surface area contributed by atoms with E-state index in [1.54, 1.807) is 0 Å². The van der Waals surface area contributed by atoms with Crippen LogP contribution in [0, 0.1) is 56.7 Å². The van der Waals surface area contributed by atoms with Crippen LogP contribution in [-0.4, -0.2) is 66.9 Å². The molecule has 1 saturated heterocycles. The molecule has 3 unspecified atom stereocenters. The molecule has 0 radical (unpaired) electrons. The van der Waals surface area contributed by atoms with E-state index in [0.717, 1.165) is 31.3 Å². The van der Waals surface area contributed by atoms with Crippen molar-refractivity contribution in [2.24, 2.45) is 73.1 Å². The van der Waals surface area contributed by atoms with Gasteiger partial charge in [-0.25, -0.2) is 4.99 Å². The van der Waals surface area contributed by atoms with E-state index >= 15 is 0 Å². The molecule has 1 heterocycles. The number of carboxylic acid groups (broad SMARTS) is 1. The molecule has 5 rings (SSSR count). The van der Waals surface area contributed by atoms with Gasteiger partial charge >= 0.3 is 11.9 Å². The summed E-state index contributed by atoms with van der Waals surface area (Å²) in [7, 11) is 0. The van der Waals surface area contributed by atoms with E-state index in [0.29, 0.717) is 19.6 Å². The normalized spacial score (nSPS) is 44.5. The van der Waals surface area contributed by atoms with Crippen LogP contribution in [0.5, 0.6) is 0 Å². The number of aliphatic carboxylic acids is 1. The molecule has 258 valence electrons. The van der Waals surface area contributed by atoms with Gasteiger partial charge in [0.15, 0.2) is 11.7 Å². The lowest BCUT2D eigenvalue weighted by atomic mass is 9.34. The standard InChI is InChI=1S/C36H57N3O7/c1-19(2)21(4)32(6)12-13-34(8)23-10-11-26-33(7)17-44-18-36(26,24(23)14-27(41)35(34,9)28(32)30(42)43)15-25(46-22(5)40)29(33)45-16-20(3)39-31(37)38/h14,19-21,23,25-26,28-29H,10-13,15-18H2,1-9H3,(H,42,43)(H4,37,38,39)/t20?,21-,23+,25-,26?,28-,29+,32-,33?,34-,35+,36+/m1/s1. The fraction of sp³-hybridized carbons (Fsp3) is 0.833. The minimum absolute atomic E-state index is 0.00971. The molecular formula is C36H57N3O7. The summed E-state index contributed by atoms with van der Waals surface area (Å²) in [5, 5.41) is 10.9. The number of esters is 1. The van der Waals surface area contributed by atoms with Gasteiger partial charge in [0.1, 0.15) is 12.2 Å². The molecule has 0 aromatic heterocycles. The molecule has 10 nitrogen and oxygen atoms in total. The van der Waals surface area contributed by atoms with Crippen molar-refractivity contribution in [3.05, 3.63) is 11.6 Å². The topological polar surface area (TPSA) is 164 Å². The predicted octanol–water partition coefficient (Wildman–Crippen LogP) is 4.73.